The maximum absolute atomic E-state index is 9.47. The van der Waals surface area contributed by atoms with Gasteiger partial charge < -0.3 is 9.84 Å². The molecule has 4 heteroatoms. The van der Waals surface area contributed by atoms with Gasteiger partial charge in [-0.25, -0.2) is 0 Å². The van der Waals surface area contributed by atoms with Crippen LogP contribution in [0.4, 0.5) is 0 Å². The summed E-state index contributed by atoms with van der Waals surface area (Å²) in [5.74, 6) is 0. The van der Waals surface area contributed by atoms with E-state index in [1.54, 1.807) is 0 Å². The maximum Gasteiger partial charge on any atom is 0.0593 e. The summed E-state index contributed by atoms with van der Waals surface area (Å²) in [6.07, 6.45) is 1.18. The van der Waals surface area contributed by atoms with Crippen LogP contribution in [0.3, 0.4) is 0 Å². The molecule has 1 aliphatic rings. The molecule has 0 aromatic rings. The number of thiol groups is 1. The van der Waals surface area contributed by atoms with Crippen LogP contribution in [0, 0.1) is 0 Å². The Bertz CT molecular complexity index is 134. The van der Waals surface area contributed by atoms with Crippen molar-refractivity contribution < 1.29 is 9.84 Å². The van der Waals surface area contributed by atoms with Crippen molar-refractivity contribution in [3.05, 3.63) is 0 Å². The Balaban J connectivity index is 2.40. The van der Waals surface area contributed by atoms with E-state index in [1.165, 1.54) is 0 Å². The number of nitrogens with zero attached hydrogens (tertiary/aromatic N) is 1. The van der Waals surface area contributed by atoms with Gasteiger partial charge in [0.2, 0.25) is 0 Å². The highest BCUT2D eigenvalue weighted by Crippen LogP contribution is 2.13. The summed E-state index contributed by atoms with van der Waals surface area (Å²) in [5.41, 5.74) is 0. The molecule has 1 fully saturated rings. The fraction of sp³-hybridized carbons (Fsp3) is 1.00. The highest BCUT2D eigenvalue weighted by Gasteiger charge is 2.16. The molecule has 12 heavy (non-hydrogen) atoms. The van der Waals surface area contributed by atoms with Gasteiger partial charge >= 0.3 is 0 Å². The van der Waals surface area contributed by atoms with Gasteiger partial charge in [-0.15, -0.1) is 0 Å². The van der Waals surface area contributed by atoms with Gasteiger partial charge in [0, 0.05) is 13.2 Å². The molecule has 1 N–H and O–H groups in total. The van der Waals surface area contributed by atoms with Crippen LogP contribution in [0.1, 0.15) is 12.8 Å². The van der Waals surface area contributed by atoms with Gasteiger partial charge in [-0.05, 0) is 19.9 Å². The molecule has 0 amide bonds. The molecule has 0 radical (unpaired) electrons. The first-order chi connectivity index (χ1) is 5.70. The average molecular weight is 191 g/mol. The zero-order valence-electron chi connectivity index (χ0n) is 7.44. The van der Waals surface area contributed by atoms with Crippen molar-refractivity contribution in [1.82, 2.24) is 4.90 Å². The largest absolute Gasteiger partial charge is 0.393 e. The van der Waals surface area contributed by atoms with Gasteiger partial charge in [-0.3, -0.25) is 4.90 Å². The summed E-state index contributed by atoms with van der Waals surface area (Å²) in [6.45, 7) is 2.29. The lowest BCUT2D eigenvalue weighted by atomic mass is 10.2. The van der Waals surface area contributed by atoms with Crippen LogP contribution < -0.4 is 0 Å². The number of ether oxygens (including phenoxy) is 1. The number of aliphatic hydroxyl groups is 1. The van der Waals surface area contributed by atoms with Crippen LogP contribution in [0.2, 0.25) is 0 Å². The van der Waals surface area contributed by atoms with Gasteiger partial charge in [0.25, 0.3) is 0 Å². The first-order valence-corrected chi connectivity index (χ1v) is 4.86. The molecule has 1 rings (SSSR count). The van der Waals surface area contributed by atoms with E-state index in [0.29, 0.717) is 6.61 Å². The molecule has 0 spiro atoms. The molecule has 72 valence electrons. The first-order valence-electron chi connectivity index (χ1n) is 4.34. The smallest absolute Gasteiger partial charge is 0.0593 e. The molecule has 0 aliphatic carbocycles. The Hall–Kier alpha value is 0.230. The van der Waals surface area contributed by atoms with Crippen LogP contribution in [0.15, 0.2) is 0 Å². The van der Waals surface area contributed by atoms with Crippen molar-refractivity contribution in [3.8, 4) is 0 Å². The molecule has 0 saturated carbocycles. The lowest BCUT2D eigenvalue weighted by Gasteiger charge is -2.23. The zero-order chi connectivity index (χ0) is 8.97. The molecule has 0 aromatic carbocycles. The first kappa shape index (κ1) is 10.3. The van der Waals surface area contributed by atoms with E-state index in [4.69, 9.17) is 4.74 Å². The Morgan fingerprint density at radius 2 is 2.25 bits per heavy atom. The number of hydrogen-bond donors (Lipinski definition) is 2. The standard InChI is InChI=1S/C8H17NO2S/c1-9-3-5-11-4-2-7(10)6-8(9)12/h7-8,10,12H,2-6H2,1H3. The summed E-state index contributed by atoms with van der Waals surface area (Å²) in [4.78, 5) is 2.09. The van der Waals surface area contributed by atoms with Gasteiger partial charge in [0.15, 0.2) is 0 Å². The van der Waals surface area contributed by atoms with Crippen LogP contribution >= 0.6 is 12.6 Å². The van der Waals surface area contributed by atoms with Crippen molar-refractivity contribution in [2.24, 2.45) is 0 Å². The molecule has 0 aromatic heterocycles. The molecule has 1 heterocycles. The maximum atomic E-state index is 9.47. The summed E-state index contributed by atoms with van der Waals surface area (Å²) in [7, 11) is 2.00. The minimum Gasteiger partial charge on any atom is -0.393 e. The van der Waals surface area contributed by atoms with E-state index in [2.05, 4.69) is 17.5 Å². The van der Waals surface area contributed by atoms with E-state index in [0.717, 1.165) is 26.0 Å². The quantitative estimate of drug-likeness (QED) is 0.542. The van der Waals surface area contributed by atoms with Gasteiger partial charge in [0.05, 0.1) is 18.1 Å². The Labute approximate surface area is 79.1 Å². The van der Waals surface area contributed by atoms with Crippen LogP contribution in [0.25, 0.3) is 0 Å². The molecular weight excluding hydrogens is 174 g/mol. The van der Waals surface area contributed by atoms with Gasteiger partial charge in [0.1, 0.15) is 0 Å². The van der Waals surface area contributed by atoms with Crippen LogP contribution in [-0.2, 0) is 4.74 Å². The van der Waals surface area contributed by atoms with E-state index in [9.17, 15) is 5.11 Å². The molecule has 2 atom stereocenters. The summed E-state index contributed by atoms with van der Waals surface area (Å²) >= 11 is 4.39. The predicted molar refractivity (Wildman–Crippen MR) is 51.5 cm³/mol. The van der Waals surface area contributed by atoms with Crippen LogP contribution in [0.5, 0.6) is 0 Å². The third-order valence-electron chi connectivity index (χ3n) is 2.18. The second-order valence-corrected chi connectivity index (χ2v) is 3.85. The van der Waals surface area contributed by atoms with Crippen molar-refractivity contribution in [1.29, 1.82) is 0 Å². The average Bonchev–Trinajstić information content (AvgIpc) is 2.07. The van der Waals surface area contributed by atoms with E-state index >= 15 is 0 Å². The number of likely N-dealkylation sites (N-methyl/N-ethyl adjacent to an activating group) is 1. The predicted octanol–water partition coefficient (Wildman–Crippen LogP) is 0.345. The summed E-state index contributed by atoms with van der Waals surface area (Å²) in [6, 6.07) is 0. The molecule has 2 unspecified atom stereocenters. The highest BCUT2D eigenvalue weighted by atomic mass is 32.1. The van der Waals surface area contributed by atoms with Crippen molar-refractivity contribution in [2.45, 2.75) is 24.3 Å². The normalized spacial score (nSPS) is 35.2. The Kier molecular flexibility index (Phi) is 4.35. The minimum atomic E-state index is -0.270. The van der Waals surface area contributed by atoms with Crippen molar-refractivity contribution in [2.75, 3.05) is 26.8 Å². The fourth-order valence-corrected chi connectivity index (χ4v) is 1.58. The Morgan fingerprint density at radius 3 is 3.00 bits per heavy atom. The van der Waals surface area contributed by atoms with Crippen molar-refractivity contribution >= 4 is 12.6 Å². The van der Waals surface area contributed by atoms with Gasteiger partial charge in [-0.2, -0.15) is 12.6 Å². The molecule has 1 saturated heterocycles. The summed E-state index contributed by atoms with van der Waals surface area (Å²) < 4.78 is 5.31. The molecule has 0 bridgehead atoms. The zero-order valence-corrected chi connectivity index (χ0v) is 8.33. The number of rotatable bonds is 0. The topological polar surface area (TPSA) is 32.7 Å². The third-order valence-corrected chi connectivity index (χ3v) is 2.78. The number of hydrogen-bond acceptors (Lipinski definition) is 4. The second-order valence-electron chi connectivity index (χ2n) is 3.25. The molecule has 3 nitrogen and oxygen atoms in total. The lowest BCUT2D eigenvalue weighted by molar-refractivity contribution is 0.0879. The lowest BCUT2D eigenvalue weighted by Crippen LogP contribution is -2.31. The van der Waals surface area contributed by atoms with Crippen LogP contribution in [-0.4, -0.2) is 48.3 Å². The Morgan fingerprint density at radius 1 is 1.50 bits per heavy atom. The van der Waals surface area contributed by atoms with E-state index in [-0.39, 0.29) is 11.5 Å². The number of aliphatic hydroxyl groups excluding tert-OH is 1. The molecule has 1 aliphatic heterocycles. The SMILES string of the molecule is CN1CCOCCC(O)CC1S. The van der Waals surface area contributed by atoms with E-state index < -0.39 is 0 Å². The van der Waals surface area contributed by atoms with Crippen molar-refractivity contribution in [3.63, 3.8) is 0 Å². The fourth-order valence-electron chi connectivity index (χ4n) is 1.22. The van der Waals surface area contributed by atoms with E-state index in [1.807, 2.05) is 7.05 Å². The summed E-state index contributed by atoms with van der Waals surface area (Å²) in [5, 5.41) is 9.63. The monoisotopic (exact) mass is 191 g/mol. The van der Waals surface area contributed by atoms with Gasteiger partial charge in [-0.1, -0.05) is 0 Å². The molecular formula is C8H17NO2S. The minimum absolute atomic E-state index is 0.154. The third kappa shape index (κ3) is 3.31. The highest BCUT2D eigenvalue weighted by molar-refractivity contribution is 7.80. The second kappa shape index (κ2) is 5.07.